The Bertz CT molecular complexity index is 1370. The number of amides is 2. The van der Waals surface area contributed by atoms with E-state index in [9.17, 15) is 18.0 Å². The van der Waals surface area contributed by atoms with Crippen LogP contribution in [0, 0.1) is 0 Å². The van der Waals surface area contributed by atoms with Gasteiger partial charge in [0.25, 0.3) is 10.0 Å². The molecule has 1 atom stereocenters. The van der Waals surface area contributed by atoms with Gasteiger partial charge >= 0.3 is 0 Å². The van der Waals surface area contributed by atoms with Crippen LogP contribution in [0.15, 0.2) is 83.8 Å². The summed E-state index contributed by atoms with van der Waals surface area (Å²) in [7, 11) is -2.60. The number of nitrogens with zero attached hydrogens (tertiary/aromatic N) is 2. The lowest BCUT2D eigenvalue weighted by atomic mass is 10.1. The third kappa shape index (κ3) is 7.74. The Balaban J connectivity index is 2.05. The fourth-order valence-electron chi connectivity index (χ4n) is 4.13. The van der Waals surface area contributed by atoms with E-state index >= 15 is 0 Å². The second-order valence-electron chi connectivity index (χ2n) is 8.89. The van der Waals surface area contributed by atoms with Crippen molar-refractivity contribution in [3.8, 4) is 5.75 Å². The highest BCUT2D eigenvalue weighted by Gasteiger charge is 2.33. The molecule has 0 aliphatic rings. The molecule has 208 valence electrons. The van der Waals surface area contributed by atoms with Crippen LogP contribution in [-0.4, -0.2) is 51.4 Å². The van der Waals surface area contributed by atoms with Gasteiger partial charge in [0.05, 0.1) is 17.7 Å². The monoisotopic (exact) mass is 571 g/mol. The lowest BCUT2D eigenvalue weighted by Gasteiger charge is -2.33. The van der Waals surface area contributed by atoms with Gasteiger partial charge in [-0.15, -0.1) is 0 Å². The Labute approximate surface area is 235 Å². The maximum atomic E-state index is 14.0. The lowest BCUT2D eigenvalue weighted by molar-refractivity contribution is -0.140. The van der Waals surface area contributed by atoms with Crippen molar-refractivity contribution in [1.82, 2.24) is 10.2 Å². The molecule has 1 N–H and O–H groups in total. The SMILES string of the molecule is CCCNC(=O)[C@@H](CC)N(Cc1cccc(OC)c1)C(=O)CN(c1cccc(Cl)c1)S(=O)(=O)c1ccccc1. The summed E-state index contributed by atoms with van der Waals surface area (Å²) in [5.74, 6) is -0.220. The predicted molar refractivity (Wildman–Crippen MR) is 153 cm³/mol. The number of rotatable bonds is 13. The molecule has 0 aliphatic heterocycles. The van der Waals surface area contributed by atoms with Crippen molar-refractivity contribution < 1.29 is 22.7 Å². The van der Waals surface area contributed by atoms with Crippen molar-refractivity contribution in [3.63, 3.8) is 0 Å². The van der Waals surface area contributed by atoms with E-state index in [1.807, 2.05) is 19.9 Å². The van der Waals surface area contributed by atoms with E-state index in [1.54, 1.807) is 61.7 Å². The number of sulfonamides is 1. The van der Waals surface area contributed by atoms with Gasteiger partial charge in [-0.2, -0.15) is 0 Å². The Morgan fingerprint density at radius 2 is 1.69 bits per heavy atom. The van der Waals surface area contributed by atoms with Gasteiger partial charge in [0.15, 0.2) is 0 Å². The Morgan fingerprint density at radius 1 is 0.974 bits per heavy atom. The van der Waals surface area contributed by atoms with Crippen molar-refractivity contribution in [2.24, 2.45) is 0 Å². The summed E-state index contributed by atoms with van der Waals surface area (Å²) in [5.41, 5.74) is 0.981. The number of ether oxygens (including phenoxy) is 1. The van der Waals surface area contributed by atoms with Gasteiger partial charge in [0.2, 0.25) is 11.8 Å². The fraction of sp³-hybridized carbons (Fsp3) is 0.310. The van der Waals surface area contributed by atoms with Gasteiger partial charge in [-0.25, -0.2) is 8.42 Å². The quantitative estimate of drug-likeness (QED) is 0.315. The first-order valence-corrected chi connectivity index (χ1v) is 14.6. The highest BCUT2D eigenvalue weighted by molar-refractivity contribution is 7.92. The molecule has 8 nitrogen and oxygen atoms in total. The molecule has 0 spiro atoms. The number of hydrogen-bond acceptors (Lipinski definition) is 5. The first-order chi connectivity index (χ1) is 18.7. The highest BCUT2D eigenvalue weighted by atomic mass is 35.5. The zero-order valence-corrected chi connectivity index (χ0v) is 23.9. The molecule has 10 heteroatoms. The smallest absolute Gasteiger partial charge is 0.264 e. The predicted octanol–water partition coefficient (Wildman–Crippen LogP) is 4.88. The summed E-state index contributed by atoms with van der Waals surface area (Å²) in [4.78, 5) is 28.6. The summed E-state index contributed by atoms with van der Waals surface area (Å²) in [6.07, 6.45) is 1.08. The molecule has 39 heavy (non-hydrogen) atoms. The van der Waals surface area contributed by atoms with Crippen LogP contribution in [0.3, 0.4) is 0 Å². The molecule has 0 aromatic heterocycles. The minimum Gasteiger partial charge on any atom is -0.497 e. The molecule has 3 rings (SSSR count). The van der Waals surface area contributed by atoms with E-state index in [1.165, 1.54) is 23.1 Å². The summed E-state index contributed by atoms with van der Waals surface area (Å²) in [6, 6.07) is 20.6. The number of carbonyl (C=O) groups excluding carboxylic acids is 2. The number of anilines is 1. The summed E-state index contributed by atoms with van der Waals surface area (Å²) < 4.78 is 33.9. The summed E-state index contributed by atoms with van der Waals surface area (Å²) in [6.45, 7) is 3.78. The Kier molecular flexibility index (Phi) is 10.8. The van der Waals surface area contributed by atoms with E-state index in [0.717, 1.165) is 16.3 Å². The molecule has 3 aromatic rings. The van der Waals surface area contributed by atoms with Crippen molar-refractivity contribution in [1.29, 1.82) is 0 Å². The minimum atomic E-state index is -4.14. The molecule has 0 saturated carbocycles. The summed E-state index contributed by atoms with van der Waals surface area (Å²) >= 11 is 6.20. The molecule has 0 bridgehead atoms. The van der Waals surface area contributed by atoms with Gasteiger partial charge in [0, 0.05) is 18.1 Å². The van der Waals surface area contributed by atoms with E-state index in [0.29, 0.717) is 23.7 Å². The number of carbonyl (C=O) groups is 2. The standard InChI is InChI=1S/C29H34ClN3O5S/c1-4-17-31-29(35)27(5-2)32(20-22-11-9-14-25(18-22)38-3)28(34)21-33(24-13-10-12-23(30)19-24)39(36,37)26-15-7-6-8-16-26/h6-16,18-19,27H,4-5,17,20-21H2,1-3H3,(H,31,35)/t27-/m1/s1. The van der Waals surface area contributed by atoms with Crippen molar-refractivity contribution in [2.45, 2.75) is 44.2 Å². The first-order valence-electron chi connectivity index (χ1n) is 12.7. The van der Waals surface area contributed by atoms with E-state index < -0.39 is 28.5 Å². The van der Waals surface area contributed by atoms with Crippen LogP contribution in [0.1, 0.15) is 32.3 Å². The van der Waals surface area contributed by atoms with E-state index in [-0.39, 0.29) is 23.0 Å². The molecule has 3 aromatic carbocycles. The van der Waals surface area contributed by atoms with Gasteiger partial charge < -0.3 is 15.0 Å². The average Bonchev–Trinajstić information content (AvgIpc) is 2.95. The number of benzene rings is 3. The number of halogens is 1. The largest absolute Gasteiger partial charge is 0.497 e. The molecule has 0 aliphatic carbocycles. The van der Waals surface area contributed by atoms with Crippen LogP contribution < -0.4 is 14.4 Å². The molecular formula is C29H34ClN3O5S. The van der Waals surface area contributed by atoms with Gasteiger partial charge in [-0.1, -0.05) is 61.8 Å². The minimum absolute atomic E-state index is 0.0323. The van der Waals surface area contributed by atoms with Gasteiger partial charge in [-0.05, 0) is 60.9 Å². The van der Waals surface area contributed by atoms with Crippen LogP contribution >= 0.6 is 11.6 Å². The van der Waals surface area contributed by atoms with Gasteiger partial charge in [-0.3, -0.25) is 13.9 Å². The second kappa shape index (κ2) is 14.0. The molecule has 0 unspecified atom stereocenters. The Hall–Kier alpha value is -3.56. The van der Waals surface area contributed by atoms with E-state index in [2.05, 4.69) is 5.32 Å². The zero-order valence-electron chi connectivity index (χ0n) is 22.3. The van der Waals surface area contributed by atoms with Crippen molar-refractivity contribution in [2.75, 3.05) is 24.5 Å². The summed E-state index contributed by atoms with van der Waals surface area (Å²) in [5, 5.41) is 3.19. The number of hydrogen-bond donors (Lipinski definition) is 1. The van der Waals surface area contributed by atoms with Crippen LogP contribution in [0.25, 0.3) is 0 Å². The van der Waals surface area contributed by atoms with E-state index in [4.69, 9.17) is 16.3 Å². The fourth-order valence-corrected chi connectivity index (χ4v) is 5.74. The van der Waals surface area contributed by atoms with Crippen LogP contribution in [0.2, 0.25) is 5.02 Å². The zero-order chi connectivity index (χ0) is 28.4. The second-order valence-corrected chi connectivity index (χ2v) is 11.2. The van der Waals surface area contributed by atoms with Gasteiger partial charge in [0.1, 0.15) is 18.3 Å². The van der Waals surface area contributed by atoms with Crippen molar-refractivity contribution in [3.05, 3.63) is 89.4 Å². The maximum Gasteiger partial charge on any atom is 0.264 e. The third-order valence-corrected chi connectivity index (χ3v) is 8.15. The molecule has 0 heterocycles. The molecule has 2 amide bonds. The highest BCUT2D eigenvalue weighted by Crippen LogP contribution is 2.27. The van der Waals surface area contributed by atoms with Crippen LogP contribution in [0.5, 0.6) is 5.75 Å². The molecular weight excluding hydrogens is 538 g/mol. The molecule has 0 radical (unpaired) electrons. The number of methoxy groups -OCH3 is 1. The Morgan fingerprint density at radius 3 is 2.33 bits per heavy atom. The number of nitrogens with one attached hydrogen (secondary N) is 1. The van der Waals surface area contributed by atoms with Crippen LogP contribution in [-0.2, 0) is 26.2 Å². The average molecular weight is 572 g/mol. The first kappa shape index (κ1) is 30.0. The van der Waals surface area contributed by atoms with Crippen LogP contribution in [0.4, 0.5) is 5.69 Å². The maximum absolute atomic E-state index is 14.0. The normalized spacial score (nSPS) is 11.9. The third-order valence-electron chi connectivity index (χ3n) is 6.13. The topological polar surface area (TPSA) is 96.0 Å². The van der Waals surface area contributed by atoms with Crippen molar-refractivity contribution >= 4 is 39.1 Å². The molecule has 0 fully saturated rings. The lowest BCUT2D eigenvalue weighted by Crippen LogP contribution is -2.52. The molecule has 0 saturated heterocycles.